The molecule has 0 aromatic heterocycles. The molecule has 1 fully saturated rings. The van der Waals surface area contributed by atoms with Crippen LogP contribution >= 0.6 is 0 Å². The van der Waals surface area contributed by atoms with E-state index in [1.165, 1.54) is 19.2 Å². The lowest BCUT2D eigenvalue weighted by Crippen LogP contribution is -2.32. The number of nitrogens with zero attached hydrogens (tertiary/aromatic N) is 1. The van der Waals surface area contributed by atoms with Gasteiger partial charge in [0.25, 0.3) is 5.91 Å². The highest BCUT2D eigenvalue weighted by atomic mass is 32.2. The molecule has 2 aromatic carbocycles. The van der Waals surface area contributed by atoms with Crippen molar-refractivity contribution in [2.75, 3.05) is 20.2 Å². The lowest BCUT2D eigenvalue weighted by molar-refractivity contribution is 0.0758. The third-order valence-corrected chi connectivity index (χ3v) is 6.98. The topological polar surface area (TPSA) is 75.7 Å². The first-order valence-electron chi connectivity index (χ1n) is 10.5. The highest BCUT2D eigenvalue weighted by Gasteiger charge is 2.25. The largest absolute Gasteiger partial charge is 0.496 e. The van der Waals surface area contributed by atoms with Gasteiger partial charge in [0.1, 0.15) is 5.75 Å². The molecule has 0 bridgehead atoms. The standard InChI is InChI=1S/C23H30N2O4S/c1-3-21(18-11-7-6-8-12-18)24-30(27,28)19-13-14-22(29-2)20(17-19)23(26)25-15-9-4-5-10-16-25/h6-8,11-14,17,21,24H,3-5,9-10,15-16H2,1-2H3. The Balaban J connectivity index is 1.89. The van der Waals surface area contributed by atoms with Gasteiger partial charge in [0.05, 0.1) is 17.6 Å². The van der Waals surface area contributed by atoms with E-state index in [0.717, 1.165) is 31.2 Å². The van der Waals surface area contributed by atoms with E-state index in [1.54, 1.807) is 11.0 Å². The number of amides is 1. The van der Waals surface area contributed by atoms with Gasteiger partial charge in [-0.2, -0.15) is 0 Å². The molecule has 1 aliphatic rings. The number of rotatable bonds is 7. The molecule has 1 amide bonds. The highest BCUT2D eigenvalue weighted by Crippen LogP contribution is 2.27. The Hall–Kier alpha value is -2.38. The van der Waals surface area contributed by atoms with Gasteiger partial charge < -0.3 is 9.64 Å². The van der Waals surface area contributed by atoms with Crippen LogP contribution in [0.5, 0.6) is 5.75 Å². The van der Waals surface area contributed by atoms with Crippen molar-refractivity contribution in [1.29, 1.82) is 0 Å². The summed E-state index contributed by atoms with van der Waals surface area (Å²) in [6.45, 7) is 3.30. The number of likely N-dealkylation sites (tertiary alicyclic amines) is 1. The lowest BCUT2D eigenvalue weighted by atomic mass is 10.1. The molecular formula is C23H30N2O4S. The Bertz CT molecular complexity index is 952. The van der Waals surface area contributed by atoms with Crippen molar-refractivity contribution in [3.8, 4) is 5.75 Å². The maximum Gasteiger partial charge on any atom is 0.257 e. The average Bonchev–Trinajstić information content (AvgIpc) is 3.06. The molecule has 0 aliphatic carbocycles. The maximum absolute atomic E-state index is 13.1. The van der Waals surface area contributed by atoms with Crippen molar-refractivity contribution in [3.63, 3.8) is 0 Å². The van der Waals surface area contributed by atoms with Gasteiger partial charge in [0, 0.05) is 19.1 Å². The van der Waals surface area contributed by atoms with E-state index in [-0.39, 0.29) is 22.4 Å². The van der Waals surface area contributed by atoms with Crippen LogP contribution in [0, 0.1) is 0 Å². The zero-order chi connectivity index (χ0) is 21.6. The molecule has 1 aliphatic heterocycles. The molecule has 2 aromatic rings. The second-order valence-electron chi connectivity index (χ2n) is 7.56. The molecule has 0 radical (unpaired) electrons. The quantitative estimate of drug-likeness (QED) is 0.716. The first kappa shape index (κ1) is 22.3. The fourth-order valence-electron chi connectivity index (χ4n) is 3.79. The van der Waals surface area contributed by atoms with Crippen molar-refractivity contribution in [1.82, 2.24) is 9.62 Å². The van der Waals surface area contributed by atoms with Crippen LogP contribution in [-0.4, -0.2) is 39.4 Å². The van der Waals surface area contributed by atoms with Gasteiger partial charge in [0.15, 0.2) is 0 Å². The minimum absolute atomic E-state index is 0.0656. The van der Waals surface area contributed by atoms with E-state index in [2.05, 4.69) is 4.72 Å². The Morgan fingerprint density at radius 2 is 1.73 bits per heavy atom. The van der Waals surface area contributed by atoms with E-state index in [9.17, 15) is 13.2 Å². The summed E-state index contributed by atoms with van der Waals surface area (Å²) < 4.78 is 34.3. The van der Waals surface area contributed by atoms with Gasteiger partial charge in [-0.25, -0.2) is 13.1 Å². The summed E-state index contributed by atoms with van der Waals surface area (Å²) in [5.74, 6) is 0.208. The van der Waals surface area contributed by atoms with Gasteiger partial charge in [-0.3, -0.25) is 4.79 Å². The summed E-state index contributed by atoms with van der Waals surface area (Å²) in [6.07, 6.45) is 4.75. The summed E-state index contributed by atoms with van der Waals surface area (Å²) in [4.78, 5) is 15.0. The number of nitrogens with one attached hydrogen (secondary N) is 1. The minimum Gasteiger partial charge on any atom is -0.496 e. The fraction of sp³-hybridized carbons (Fsp3) is 0.435. The molecular weight excluding hydrogens is 400 g/mol. The van der Waals surface area contributed by atoms with Crippen LogP contribution in [0.2, 0.25) is 0 Å². The molecule has 1 heterocycles. The molecule has 1 N–H and O–H groups in total. The average molecular weight is 431 g/mol. The van der Waals surface area contributed by atoms with E-state index < -0.39 is 10.0 Å². The molecule has 0 saturated carbocycles. The first-order chi connectivity index (χ1) is 14.5. The first-order valence-corrected chi connectivity index (χ1v) is 12.0. The molecule has 1 saturated heterocycles. The predicted octanol–water partition coefficient (Wildman–Crippen LogP) is 4.14. The van der Waals surface area contributed by atoms with E-state index in [4.69, 9.17) is 4.74 Å². The van der Waals surface area contributed by atoms with Gasteiger partial charge in [-0.1, -0.05) is 50.1 Å². The number of carbonyl (C=O) groups excluding carboxylic acids is 1. The molecule has 0 spiro atoms. The van der Waals surface area contributed by atoms with Crippen LogP contribution in [0.15, 0.2) is 53.4 Å². The minimum atomic E-state index is -3.81. The summed E-state index contributed by atoms with van der Waals surface area (Å²) in [5, 5.41) is 0. The van der Waals surface area contributed by atoms with E-state index in [0.29, 0.717) is 25.3 Å². The molecule has 7 heteroatoms. The highest BCUT2D eigenvalue weighted by molar-refractivity contribution is 7.89. The van der Waals surface area contributed by atoms with Crippen molar-refractivity contribution in [2.45, 2.75) is 50.0 Å². The number of sulfonamides is 1. The zero-order valence-electron chi connectivity index (χ0n) is 17.6. The predicted molar refractivity (Wildman–Crippen MR) is 117 cm³/mol. The number of hydrogen-bond donors (Lipinski definition) is 1. The van der Waals surface area contributed by atoms with E-state index >= 15 is 0 Å². The van der Waals surface area contributed by atoms with Gasteiger partial charge in [0.2, 0.25) is 10.0 Å². The molecule has 162 valence electrons. The summed E-state index contributed by atoms with van der Waals surface area (Å²) in [7, 11) is -2.33. The number of methoxy groups -OCH3 is 1. The molecule has 30 heavy (non-hydrogen) atoms. The lowest BCUT2D eigenvalue weighted by Gasteiger charge is -2.22. The van der Waals surface area contributed by atoms with Crippen molar-refractivity contribution in [3.05, 3.63) is 59.7 Å². The Labute approximate surface area is 179 Å². The fourth-order valence-corrected chi connectivity index (χ4v) is 5.13. The molecule has 6 nitrogen and oxygen atoms in total. The van der Waals surface area contributed by atoms with Crippen LogP contribution in [0.3, 0.4) is 0 Å². The Morgan fingerprint density at radius 3 is 2.33 bits per heavy atom. The van der Waals surface area contributed by atoms with Gasteiger partial charge in [-0.05, 0) is 43.0 Å². The van der Waals surface area contributed by atoms with Crippen molar-refractivity contribution < 1.29 is 17.9 Å². The Kier molecular flexibility index (Phi) is 7.50. The second-order valence-corrected chi connectivity index (χ2v) is 9.28. The van der Waals surface area contributed by atoms with Crippen molar-refractivity contribution >= 4 is 15.9 Å². The van der Waals surface area contributed by atoms with Crippen molar-refractivity contribution in [2.24, 2.45) is 0 Å². The molecule has 1 atom stereocenters. The third-order valence-electron chi connectivity index (χ3n) is 5.51. The SMILES string of the molecule is CCC(NS(=O)(=O)c1ccc(OC)c(C(=O)N2CCCCCC2)c1)c1ccccc1. The third kappa shape index (κ3) is 5.21. The number of hydrogen-bond acceptors (Lipinski definition) is 4. The normalized spacial score (nSPS) is 16.0. The second kappa shape index (κ2) is 10.1. The van der Waals surface area contributed by atoms with Gasteiger partial charge >= 0.3 is 0 Å². The summed E-state index contributed by atoms with van der Waals surface area (Å²) >= 11 is 0. The molecule has 3 rings (SSSR count). The number of carbonyl (C=O) groups is 1. The number of benzene rings is 2. The van der Waals surface area contributed by atoms with E-state index in [1.807, 2.05) is 37.3 Å². The smallest absolute Gasteiger partial charge is 0.257 e. The maximum atomic E-state index is 13.1. The van der Waals surface area contributed by atoms with Gasteiger partial charge in [-0.15, -0.1) is 0 Å². The van der Waals surface area contributed by atoms with Crippen LogP contribution in [0.25, 0.3) is 0 Å². The van der Waals surface area contributed by atoms with Crippen LogP contribution in [0.1, 0.15) is 61.0 Å². The summed E-state index contributed by atoms with van der Waals surface area (Å²) in [6, 6.07) is 13.6. The Morgan fingerprint density at radius 1 is 1.07 bits per heavy atom. The number of ether oxygens (including phenoxy) is 1. The molecule has 1 unspecified atom stereocenters. The van der Waals surface area contributed by atoms with Crippen LogP contribution in [0.4, 0.5) is 0 Å². The zero-order valence-corrected chi connectivity index (χ0v) is 18.5. The summed E-state index contributed by atoms with van der Waals surface area (Å²) in [5.41, 5.74) is 1.19. The monoisotopic (exact) mass is 430 g/mol. The van der Waals surface area contributed by atoms with Crippen LogP contribution < -0.4 is 9.46 Å². The van der Waals surface area contributed by atoms with Crippen LogP contribution in [-0.2, 0) is 10.0 Å².